The maximum Gasteiger partial charge on any atom is 0.339 e. The number of esters is 1. The third-order valence-corrected chi connectivity index (χ3v) is 6.43. The van der Waals surface area contributed by atoms with Gasteiger partial charge in [-0.3, -0.25) is 0 Å². The van der Waals surface area contributed by atoms with Gasteiger partial charge in [-0.2, -0.15) is 0 Å². The number of carbonyl (C=O) groups is 1. The van der Waals surface area contributed by atoms with Gasteiger partial charge in [-0.1, -0.05) is 42.4 Å². The third-order valence-electron chi connectivity index (χ3n) is 6.19. The molecule has 3 aliphatic rings. The van der Waals surface area contributed by atoms with Crippen LogP contribution in [0.3, 0.4) is 0 Å². The van der Waals surface area contributed by atoms with Gasteiger partial charge in [0.15, 0.2) is 0 Å². The van der Waals surface area contributed by atoms with Crippen molar-refractivity contribution in [3.63, 3.8) is 0 Å². The number of hydrogen-bond acceptors (Lipinski definition) is 4. The fraction of sp³-hybridized carbons (Fsp3) is 0.318. The Labute approximate surface area is 163 Å². The highest BCUT2D eigenvalue weighted by Crippen LogP contribution is 2.46. The van der Waals surface area contributed by atoms with Gasteiger partial charge in [-0.25, -0.2) is 4.79 Å². The van der Waals surface area contributed by atoms with E-state index >= 15 is 0 Å². The Bertz CT molecular complexity index is 947. The molecule has 0 saturated carbocycles. The van der Waals surface area contributed by atoms with Crippen molar-refractivity contribution in [3.8, 4) is 0 Å². The van der Waals surface area contributed by atoms with E-state index in [1.165, 1.54) is 5.56 Å². The first kappa shape index (κ1) is 16.7. The molecule has 5 heteroatoms. The third kappa shape index (κ3) is 2.54. The summed E-state index contributed by atoms with van der Waals surface area (Å²) in [5.74, 6) is 0.0633. The molecule has 0 amide bonds. The Morgan fingerprint density at radius 2 is 2.00 bits per heavy atom. The van der Waals surface area contributed by atoms with Crippen LogP contribution < -0.4 is 5.32 Å². The first-order valence-corrected chi connectivity index (χ1v) is 9.75. The summed E-state index contributed by atoms with van der Waals surface area (Å²) < 4.78 is 5.86. The summed E-state index contributed by atoms with van der Waals surface area (Å²) in [6, 6.07) is 13.8. The van der Waals surface area contributed by atoms with Gasteiger partial charge in [0, 0.05) is 60.4 Å². The monoisotopic (exact) mass is 380 g/mol. The molecule has 2 aromatic rings. The van der Waals surface area contributed by atoms with Crippen LogP contribution in [0.2, 0.25) is 5.02 Å². The van der Waals surface area contributed by atoms with Crippen molar-refractivity contribution in [3.05, 3.63) is 76.5 Å². The van der Waals surface area contributed by atoms with E-state index < -0.39 is 5.60 Å². The van der Waals surface area contributed by atoms with Gasteiger partial charge in [-0.05, 0) is 23.8 Å². The smallest absolute Gasteiger partial charge is 0.339 e. The molecule has 3 aliphatic heterocycles. The van der Waals surface area contributed by atoms with Crippen molar-refractivity contribution in [1.29, 1.82) is 0 Å². The Hall–Kier alpha value is -2.46. The number of likely N-dealkylation sites (tertiary alicyclic amines) is 1. The quantitative estimate of drug-likeness (QED) is 0.777. The van der Waals surface area contributed by atoms with Crippen LogP contribution in [0.15, 0.2) is 54.7 Å². The molecule has 1 spiro atoms. The van der Waals surface area contributed by atoms with E-state index in [4.69, 9.17) is 16.3 Å². The molecule has 4 nitrogen and oxygen atoms in total. The standard InChI is InChI=1S/C22H21ClN2O2/c1-14(18-13-24-20-12-15(23)6-7-16(18)20)25-10-8-22(9-11-25)19-5-3-2-4-17(19)21(26)27-22/h2-7,12,18,24H,1,8-11,13H2. The lowest BCUT2D eigenvalue weighted by atomic mass is 9.83. The van der Waals surface area contributed by atoms with Gasteiger partial charge in [0.25, 0.3) is 0 Å². The molecule has 1 N–H and O–H groups in total. The van der Waals surface area contributed by atoms with Gasteiger partial charge in [0.2, 0.25) is 0 Å². The molecule has 0 aliphatic carbocycles. The van der Waals surface area contributed by atoms with Gasteiger partial charge >= 0.3 is 5.97 Å². The lowest BCUT2D eigenvalue weighted by Gasteiger charge is -2.41. The topological polar surface area (TPSA) is 41.6 Å². The van der Waals surface area contributed by atoms with E-state index in [1.807, 2.05) is 36.4 Å². The van der Waals surface area contributed by atoms with E-state index in [9.17, 15) is 4.79 Å². The summed E-state index contributed by atoms with van der Waals surface area (Å²) in [6.45, 7) is 6.91. The molecular weight excluding hydrogens is 360 g/mol. The van der Waals surface area contributed by atoms with Crippen molar-refractivity contribution in [1.82, 2.24) is 4.90 Å². The predicted molar refractivity (Wildman–Crippen MR) is 106 cm³/mol. The molecule has 5 rings (SSSR count). The minimum absolute atomic E-state index is 0.191. The summed E-state index contributed by atoms with van der Waals surface area (Å²) >= 11 is 6.11. The zero-order valence-corrected chi connectivity index (χ0v) is 15.8. The molecule has 2 aromatic carbocycles. The number of piperidine rings is 1. The van der Waals surface area contributed by atoms with Crippen molar-refractivity contribution in [2.75, 3.05) is 25.0 Å². The summed E-state index contributed by atoms with van der Waals surface area (Å²) in [7, 11) is 0. The van der Waals surface area contributed by atoms with E-state index in [2.05, 4.69) is 22.9 Å². The Morgan fingerprint density at radius 3 is 2.81 bits per heavy atom. The minimum atomic E-state index is -0.468. The van der Waals surface area contributed by atoms with Crippen LogP contribution in [0.4, 0.5) is 5.69 Å². The average molecular weight is 381 g/mol. The molecular formula is C22H21ClN2O2. The van der Waals surface area contributed by atoms with Crippen LogP contribution in [0, 0.1) is 0 Å². The molecule has 0 bridgehead atoms. The predicted octanol–water partition coefficient (Wildman–Crippen LogP) is 4.52. The van der Waals surface area contributed by atoms with Gasteiger partial charge in [0.1, 0.15) is 5.60 Å². The maximum atomic E-state index is 12.3. The Kier molecular flexibility index (Phi) is 3.73. The number of nitrogens with zero attached hydrogens (tertiary/aromatic N) is 1. The van der Waals surface area contributed by atoms with Gasteiger partial charge < -0.3 is 15.0 Å². The second-order valence-corrected chi connectivity index (χ2v) is 8.01. The molecule has 1 saturated heterocycles. The van der Waals surface area contributed by atoms with Crippen LogP contribution in [-0.2, 0) is 10.3 Å². The van der Waals surface area contributed by atoms with E-state index in [1.54, 1.807) is 0 Å². The summed E-state index contributed by atoms with van der Waals surface area (Å²) in [4.78, 5) is 14.6. The van der Waals surface area contributed by atoms with Crippen LogP contribution in [-0.4, -0.2) is 30.5 Å². The van der Waals surface area contributed by atoms with Crippen molar-refractivity contribution >= 4 is 23.3 Å². The van der Waals surface area contributed by atoms with Crippen LogP contribution in [0.1, 0.15) is 40.2 Å². The molecule has 1 unspecified atom stereocenters. The second-order valence-electron chi connectivity index (χ2n) is 7.57. The maximum absolute atomic E-state index is 12.3. The normalized spacial score (nSPS) is 22.2. The summed E-state index contributed by atoms with van der Waals surface area (Å²) in [5.41, 5.74) is 4.77. The van der Waals surface area contributed by atoms with E-state index in [-0.39, 0.29) is 11.9 Å². The fourth-order valence-corrected chi connectivity index (χ4v) is 4.87. The fourth-order valence-electron chi connectivity index (χ4n) is 4.70. The highest BCUT2D eigenvalue weighted by atomic mass is 35.5. The number of benzene rings is 2. The number of ether oxygens (including phenoxy) is 1. The van der Waals surface area contributed by atoms with E-state index in [0.29, 0.717) is 0 Å². The zero-order chi connectivity index (χ0) is 18.6. The molecule has 1 fully saturated rings. The van der Waals surface area contributed by atoms with Crippen molar-refractivity contribution in [2.45, 2.75) is 24.4 Å². The number of hydrogen-bond donors (Lipinski definition) is 1. The number of rotatable bonds is 2. The van der Waals surface area contributed by atoms with Crippen LogP contribution in [0.25, 0.3) is 0 Å². The van der Waals surface area contributed by atoms with Gasteiger partial charge in [-0.15, -0.1) is 0 Å². The second kappa shape index (κ2) is 6.03. The molecule has 0 radical (unpaired) electrons. The first-order chi connectivity index (χ1) is 13.1. The zero-order valence-electron chi connectivity index (χ0n) is 15.0. The van der Waals surface area contributed by atoms with Gasteiger partial charge in [0.05, 0.1) is 5.56 Å². The van der Waals surface area contributed by atoms with Crippen molar-refractivity contribution in [2.24, 2.45) is 0 Å². The number of carbonyl (C=O) groups excluding carboxylic acids is 1. The Morgan fingerprint density at radius 1 is 1.22 bits per heavy atom. The highest BCUT2D eigenvalue weighted by Gasteiger charge is 2.47. The van der Waals surface area contributed by atoms with Crippen molar-refractivity contribution < 1.29 is 9.53 Å². The largest absolute Gasteiger partial charge is 0.450 e. The first-order valence-electron chi connectivity index (χ1n) is 9.37. The minimum Gasteiger partial charge on any atom is -0.450 e. The average Bonchev–Trinajstić information content (AvgIpc) is 3.21. The number of fused-ring (bicyclic) bond motifs is 3. The Balaban J connectivity index is 1.34. The number of nitrogens with one attached hydrogen (secondary N) is 1. The number of anilines is 1. The highest BCUT2D eigenvalue weighted by molar-refractivity contribution is 6.30. The van der Waals surface area contributed by atoms with Crippen LogP contribution >= 0.6 is 11.6 Å². The van der Waals surface area contributed by atoms with Crippen LogP contribution in [0.5, 0.6) is 0 Å². The van der Waals surface area contributed by atoms with E-state index in [0.717, 1.165) is 60.0 Å². The summed E-state index contributed by atoms with van der Waals surface area (Å²) in [6.07, 6.45) is 1.59. The SMILES string of the molecule is C=C(C1CNc2cc(Cl)ccc21)N1CCC2(CC1)OC(=O)c1ccccc12. The molecule has 1 atom stereocenters. The summed E-state index contributed by atoms with van der Waals surface area (Å²) in [5, 5.41) is 4.18. The number of halogens is 1. The molecule has 3 heterocycles. The molecule has 138 valence electrons. The molecule has 0 aromatic heterocycles. The molecule has 27 heavy (non-hydrogen) atoms. The lowest BCUT2D eigenvalue weighted by Crippen LogP contribution is -2.43. The lowest BCUT2D eigenvalue weighted by molar-refractivity contribution is -0.0388.